The fraction of sp³-hybridized carbons (Fsp3) is 0.778. The number of carboxylic acids is 1. The first-order valence-corrected chi connectivity index (χ1v) is 4.89. The number of nitrogens with zero attached hydrogens (tertiary/aromatic N) is 1. The normalized spacial score (nSPS) is 24.9. The second kappa shape index (κ2) is 4.97. The Labute approximate surface area is 88.2 Å². The van der Waals surface area contributed by atoms with E-state index in [1.807, 2.05) is 6.92 Å². The number of aliphatic carboxylic acids is 1. The number of hydrogen-bond donors (Lipinski definition) is 2. The molecular weight excluding hydrogens is 200 g/mol. The van der Waals surface area contributed by atoms with Crippen molar-refractivity contribution in [3.63, 3.8) is 0 Å². The van der Waals surface area contributed by atoms with Crippen molar-refractivity contribution >= 4 is 12.0 Å². The van der Waals surface area contributed by atoms with Crippen molar-refractivity contribution in [1.29, 1.82) is 0 Å². The molecule has 1 aliphatic rings. The summed E-state index contributed by atoms with van der Waals surface area (Å²) in [6.45, 7) is 2.79. The number of carbonyl (C=O) groups excluding carboxylic acids is 1. The van der Waals surface area contributed by atoms with E-state index in [-0.39, 0.29) is 25.3 Å². The Balaban J connectivity index is 2.61. The molecule has 15 heavy (non-hydrogen) atoms. The molecule has 1 heterocycles. The van der Waals surface area contributed by atoms with Crippen molar-refractivity contribution in [2.45, 2.75) is 13.0 Å². The van der Waals surface area contributed by atoms with Crippen LogP contribution in [0.15, 0.2) is 0 Å². The number of rotatable bonds is 3. The van der Waals surface area contributed by atoms with E-state index in [0.717, 1.165) is 0 Å². The SMILES string of the molecule is CCNC(=O)N(C)C1COCC1C(=O)O. The highest BCUT2D eigenvalue weighted by molar-refractivity contribution is 5.77. The lowest BCUT2D eigenvalue weighted by Gasteiger charge is -2.26. The molecule has 0 aliphatic carbocycles. The third kappa shape index (κ3) is 2.59. The van der Waals surface area contributed by atoms with Gasteiger partial charge in [-0.2, -0.15) is 0 Å². The first kappa shape index (κ1) is 11.8. The molecule has 1 fully saturated rings. The van der Waals surface area contributed by atoms with Gasteiger partial charge in [-0.15, -0.1) is 0 Å². The van der Waals surface area contributed by atoms with Gasteiger partial charge in [-0.05, 0) is 6.92 Å². The highest BCUT2D eigenvalue weighted by Gasteiger charge is 2.38. The predicted molar refractivity (Wildman–Crippen MR) is 52.6 cm³/mol. The number of hydrogen-bond acceptors (Lipinski definition) is 3. The number of urea groups is 1. The lowest BCUT2D eigenvalue weighted by Crippen LogP contribution is -2.48. The van der Waals surface area contributed by atoms with Crippen LogP contribution in [0.4, 0.5) is 4.79 Å². The van der Waals surface area contributed by atoms with Crippen LogP contribution in [0.2, 0.25) is 0 Å². The minimum absolute atomic E-state index is 0.170. The molecule has 0 radical (unpaired) electrons. The van der Waals surface area contributed by atoms with Crippen molar-refractivity contribution in [2.24, 2.45) is 5.92 Å². The molecule has 2 atom stereocenters. The summed E-state index contributed by atoms with van der Waals surface area (Å²) < 4.78 is 5.08. The fourth-order valence-corrected chi connectivity index (χ4v) is 1.59. The van der Waals surface area contributed by atoms with E-state index in [4.69, 9.17) is 9.84 Å². The quantitative estimate of drug-likeness (QED) is 0.681. The maximum Gasteiger partial charge on any atom is 0.317 e. The van der Waals surface area contributed by atoms with Crippen LogP contribution in [-0.4, -0.2) is 54.9 Å². The average Bonchev–Trinajstić information content (AvgIpc) is 2.65. The van der Waals surface area contributed by atoms with Gasteiger partial charge in [0.1, 0.15) is 5.92 Å². The molecule has 0 saturated carbocycles. The summed E-state index contributed by atoms with van der Waals surface area (Å²) in [6.07, 6.45) is 0. The van der Waals surface area contributed by atoms with Crippen LogP contribution in [-0.2, 0) is 9.53 Å². The predicted octanol–water partition coefficient (Wildman–Crippen LogP) is -0.253. The van der Waals surface area contributed by atoms with Crippen molar-refractivity contribution in [3.05, 3.63) is 0 Å². The Morgan fingerprint density at radius 1 is 1.53 bits per heavy atom. The summed E-state index contributed by atoms with van der Waals surface area (Å²) in [6, 6.07) is -0.645. The van der Waals surface area contributed by atoms with Crippen LogP contribution in [0.1, 0.15) is 6.92 Å². The number of carboxylic acid groups (broad SMARTS) is 1. The monoisotopic (exact) mass is 216 g/mol. The van der Waals surface area contributed by atoms with E-state index >= 15 is 0 Å². The zero-order chi connectivity index (χ0) is 11.4. The van der Waals surface area contributed by atoms with Gasteiger partial charge >= 0.3 is 12.0 Å². The van der Waals surface area contributed by atoms with Crippen molar-refractivity contribution < 1.29 is 19.4 Å². The standard InChI is InChI=1S/C9H16N2O4/c1-3-10-9(14)11(2)7-5-15-4-6(7)8(12)13/h6-7H,3-5H2,1-2H3,(H,10,14)(H,12,13). The van der Waals surface area contributed by atoms with Gasteiger partial charge in [-0.25, -0.2) is 4.79 Å². The molecule has 0 aromatic rings. The number of carbonyl (C=O) groups is 2. The van der Waals surface area contributed by atoms with Gasteiger partial charge in [0.2, 0.25) is 0 Å². The van der Waals surface area contributed by atoms with E-state index in [1.54, 1.807) is 7.05 Å². The van der Waals surface area contributed by atoms with Gasteiger partial charge in [0.25, 0.3) is 0 Å². The zero-order valence-corrected chi connectivity index (χ0v) is 8.90. The molecule has 1 saturated heterocycles. The van der Waals surface area contributed by atoms with Gasteiger partial charge in [-0.3, -0.25) is 4.79 Å². The fourth-order valence-electron chi connectivity index (χ4n) is 1.59. The van der Waals surface area contributed by atoms with Gasteiger partial charge in [0, 0.05) is 13.6 Å². The largest absolute Gasteiger partial charge is 0.481 e. The lowest BCUT2D eigenvalue weighted by atomic mass is 10.0. The van der Waals surface area contributed by atoms with Crippen LogP contribution in [0, 0.1) is 5.92 Å². The summed E-state index contributed by atoms with van der Waals surface area (Å²) in [7, 11) is 1.58. The Hall–Kier alpha value is -1.30. The van der Waals surface area contributed by atoms with E-state index in [0.29, 0.717) is 6.54 Å². The average molecular weight is 216 g/mol. The van der Waals surface area contributed by atoms with E-state index in [2.05, 4.69) is 5.32 Å². The molecule has 0 bridgehead atoms. The summed E-state index contributed by atoms with van der Waals surface area (Å²) in [5.41, 5.74) is 0. The van der Waals surface area contributed by atoms with E-state index < -0.39 is 11.9 Å². The number of nitrogens with one attached hydrogen (secondary N) is 1. The Morgan fingerprint density at radius 2 is 2.20 bits per heavy atom. The second-order valence-electron chi connectivity index (χ2n) is 3.50. The third-order valence-corrected chi connectivity index (χ3v) is 2.51. The summed E-state index contributed by atoms with van der Waals surface area (Å²) in [5.74, 6) is -1.55. The minimum Gasteiger partial charge on any atom is -0.481 e. The molecule has 6 nitrogen and oxygen atoms in total. The Morgan fingerprint density at radius 3 is 2.73 bits per heavy atom. The highest BCUT2D eigenvalue weighted by Crippen LogP contribution is 2.18. The lowest BCUT2D eigenvalue weighted by molar-refractivity contribution is -0.142. The third-order valence-electron chi connectivity index (χ3n) is 2.51. The van der Waals surface area contributed by atoms with Crippen molar-refractivity contribution in [3.8, 4) is 0 Å². The second-order valence-corrected chi connectivity index (χ2v) is 3.50. The van der Waals surface area contributed by atoms with Crippen LogP contribution in [0.3, 0.4) is 0 Å². The van der Waals surface area contributed by atoms with Gasteiger partial charge in [0.05, 0.1) is 19.3 Å². The maximum atomic E-state index is 11.5. The topological polar surface area (TPSA) is 78.9 Å². The van der Waals surface area contributed by atoms with Crippen LogP contribution in [0.25, 0.3) is 0 Å². The summed E-state index contributed by atoms with van der Waals surface area (Å²) >= 11 is 0. The van der Waals surface area contributed by atoms with Crippen LogP contribution in [0.5, 0.6) is 0 Å². The summed E-state index contributed by atoms with van der Waals surface area (Å²) in [5, 5.41) is 11.5. The molecule has 86 valence electrons. The molecule has 2 amide bonds. The van der Waals surface area contributed by atoms with Gasteiger partial charge in [0.15, 0.2) is 0 Å². The Kier molecular flexibility index (Phi) is 3.90. The number of likely N-dealkylation sites (N-methyl/N-ethyl adjacent to an activating group) is 1. The molecule has 2 unspecified atom stereocenters. The van der Waals surface area contributed by atoms with Crippen LogP contribution < -0.4 is 5.32 Å². The van der Waals surface area contributed by atoms with Gasteiger partial charge < -0.3 is 20.1 Å². The molecule has 1 aliphatic heterocycles. The molecule has 0 aromatic heterocycles. The minimum atomic E-state index is -0.923. The molecule has 1 rings (SSSR count). The Bertz CT molecular complexity index is 256. The molecule has 0 spiro atoms. The number of ether oxygens (including phenoxy) is 1. The smallest absolute Gasteiger partial charge is 0.317 e. The molecule has 6 heteroatoms. The molecule has 2 N–H and O–H groups in total. The van der Waals surface area contributed by atoms with Crippen molar-refractivity contribution in [1.82, 2.24) is 10.2 Å². The first-order chi connectivity index (χ1) is 7.07. The first-order valence-electron chi connectivity index (χ1n) is 4.89. The van der Waals surface area contributed by atoms with E-state index in [1.165, 1.54) is 4.90 Å². The summed E-state index contributed by atoms with van der Waals surface area (Å²) in [4.78, 5) is 23.7. The molecular formula is C9H16N2O4. The maximum absolute atomic E-state index is 11.5. The van der Waals surface area contributed by atoms with Crippen LogP contribution >= 0.6 is 0 Å². The highest BCUT2D eigenvalue weighted by atomic mass is 16.5. The molecule has 0 aromatic carbocycles. The van der Waals surface area contributed by atoms with Gasteiger partial charge in [-0.1, -0.05) is 0 Å². The van der Waals surface area contributed by atoms with Crippen molar-refractivity contribution in [2.75, 3.05) is 26.8 Å². The number of amides is 2. The van der Waals surface area contributed by atoms with E-state index in [9.17, 15) is 9.59 Å². The zero-order valence-electron chi connectivity index (χ0n) is 8.90.